The second-order valence-electron chi connectivity index (χ2n) is 6.82. The quantitative estimate of drug-likeness (QED) is 0.852. The van der Waals surface area contributed by atoms with Crippen molar-refractivity contribution in [2.75, 3.05) is 49.9 Å². The van der Waals surface area contributed by atoms with Crippen LogP contribution < -0.4 is 10.6 Å². The molecule has 2 N–H and O–H groups in total. The maximum Gasteiger partial charge on any atom is 0.282 e. The van der Waals surface area contributed by atoms with E-state index in [1.54, 1.807) is 8.61 Å². The van der Waals surface area contributed by atoms with Crippen LogP contribution in [0.5, 0.6) is 0 Å². The Balaban J connectivity index is 1.74. The van der Waals surface area contributed by atoms with Gasteiger partial charge in [0.1, 0.15) is 5.82 Å². The van der Waals surface area contributed by atoms with E-state index in [0.717, 1.165) is 49.3 Å². The molecule has 0 aromatic carbocycles. The minimum atomic E-state index is -3.36. The van der Waals surface area contributed by atoms with E-state index in [9.17, 15) is 8.42 Å². The fourth-order valence-electron chi connectivity index (χ4n) is 3.54. The standard InChI is InChI=1S/C16H28N6O2S/c1-13-14(2)18-16(17)19-15(13)20-7-6-10-22(12-11-20)25(23,24)21-8-4-3-5-9-21/h3-12H2,1-2H3,(H2,17,18,19). The maximum absolute atomic E-state index is 12.9. The zero-order valence-electron chi connectivity index (χ0n) is 15.1. The van der Waals surface area contributed by atoms with Crippen molar-refractivity contribution in [2.24, 2.45) is 0 Å². The number of piperidine rings is 1. The summed E-state index contributed by atoms with van der Waals surface area (Å²) in [5.74, 6) is 1.09. The molecule has 0 unspecified atom stereocenters. The summed E-state index contributed by atoms with van der Waals surface area (Å²) in [6.07, 6.45) is 3.80. The average molecular weight is 369 g/mol. The van der Waals surface area contributed by atoms with Crippen molar-refractivity contribution < 1.29 is 8.42 Å². The molecule has 140 valence electrons. The van der Waals surface area contributed by atoms with Gasteiger partial charge >= 0.3 is 0 Å². The van der Waals surface area contributed by atoms with Crippen molar-refractivity contribution in [1.29, 1.82) is 0 Å². The van der Waals surface area contributed by atoms with Crippen molar-refractivity contribution in [1.82, 2.24) is 18.6 Å². The van der Waals surface area contributed by atoms with Gasteiger partial charge in [-0.1, -0.05) is 6.42 Å². The molecule has 3 heterocycles. The van der Waals surface area contributed by atoms with Gasteiger partial charge < -0.3 is 10.6 Å². The molecule has 1 aromatic rings. The van der Waals surface area contributed by atoms with Crippen molar-refractivity contribution in [2.45, 2.75) is 39.5 Å². The molecule has 0 amide bonds. The molecule has 25 heavy (non-hydrogen) atoms. The van der Waals surface area contributed by atoms with Crippen LogP contribution in [0.4, 0.5) is 11.8 Å². The molecule has 0 saturated carbocycles. The molecule has 0 atom stereocenters. The second kappa shape index (κ2) is 7.43. The molecule has 0 spiro atoms. The lowest BCUT2D eigenvalue weighted by molar-refractivity contribution is 0.307. The third-order valence-electron chi connectivity index (χ3n) is 5.10. The molecule has 1 aromatic heterocycles. The Hall–Kier alpha value is -1.45. The van der Waals surface area contributed by atoms with E-state index < -0.39 is 10.2 Å². The first-order valence-electron chi connectivity index (χ1n) is 9.00. The van der Waals surface area contributed by atoms with Gasteiger partial charge in [0.15, 0.2) is 0 Å². The summed E-state index contributed by atoms with van der Waals surface area (Å²) in [6, 6.07) is 0. The molecule has 0 radical (unpaired) electrons. The topological polar surface area (TPSA) is 95.7 Å². The fourth-order valence-corrected chi connectivity index (χ4v) is 5.26. The third-order valence-corrected chi connectivity index (χ3v) is 7.14. The first-order valence-corrected chi connectivity index (χ1v) is 10.4. The van der Waals surface area contributed by atoms with E-state index in [-0.39, 0.29) is 5.95 Å². The molecular weight excluding hydrogens is 340 g/mol. The predicted molar refractivity (Wildman–Crippen MR) is 98.7 cm³/mol. The van der Waals surface area contributed by atoms with Crippen LogP contribution in [0.3, 0.4) is 0 Å². The molecule has 9 heteroatoms. The third kappa shape index (κ3) is 3.88. The lowest BCUT2D eigenvalue weighted by Crippen LogP contribution is -2.47. The second-order valence-corrected chi connectivity index (χ2v) is 8.75. The number of aryl methyl sites for hydroxylation is 1. The van der Waals surface area contributed by atoms with Gasteiger partial charge in [0.05, 0.1) is 0 Å². The summed E-state index contributed by atoms with van der Waals surface area (Å²) in [4.78, 5) is 10.7. The highest BCUT2D eigenvalue weighted by Gasteiger charge is 2.32. The molecule has 2 aliphatic heterocycles. The zero-order chi connectivity index (χ0) is 18.0. The van der Waals surface area contributed by atoms with Gasteiger partial charge in [-0.3, -0.25) is 0 Å². The molecule has 2 saturated heterocycles. The number of nitrogen functional groups attached to an aromatic ring is 1. The summed E-state index contributed by atoms with van der Waals surface area (Å²) >= 11 is 0. The van der Waals surface area contributed by atoms with Crippen LogP contribution in [0.1, 0.15) is 36.9 Å². The minimum absolute atomic E-state index is 0.264. The molecule has 3 rings (SSSR count). The monoisotopic (exact) mass is 368 g/mol. The van der Waals surface area contributed by atoms with E-state index in [1.165, 1.54) is 0 Å². The highest BCUT2D eigenvalue weighted by atomic mass is 32.2. The maximum atomic E-state index is 12.9. The zero-order valence-corrected chi connectivity index (χ0v) is 15.9. The van der Waals surface area contributed by atoms with Gasteiger partial charge in [0.25, 0.3) is 10.2 Å². The highest BCUT2D eigenvalue weighted by molar-refractivity contribution is 7.86. The minimum Gasteiger partial charge on any atom is -0.368 e. The van der Waals surface area contributed by atoms with E-state index >= 15 is 0 Å². The van der Waals surface area contributed by atoms with E-state index in [2.05, 4.69) is 14.9 Å². The van der Waals surface area contributed by atoms with Crippen LogP contribution in [-0.2, 0) is 10.2 Å². The molecular formula is C16H28N6O2S. The average Bonchev–Trinajstić information content (AvgIpc) is 2.85. The molecule has 0 aliphatic carbocycles. The Morgan fingerprint density at radius 2 is 1.48 bits per heavy atom. The number of anilines is 2. The fraction of sp³-hybridized carbons (Fsp3) is 0.750. The highest BCUT2D eigenvalue weighted by Crippen LogP contribution is 2.23. The van der Waals surface area contributed by atoms with Gasteiger partial charge in [-0.25, -0.2) is 4.98 Å². The van der Waals surface area contributed by atoms with E-state index in [1.807, 2.05) is 13.8 Å². The summed E-state index contributed by atoms with van der Waals surface area (Å²) in [5, 5.41) is 0. The Morgan fingerprint density at radius 1 is 0.840 bits per heavy atom. The van der Waals surface area contributed by atoms with Crippen LogP contribution in [0, 0.1) is 13.8 Å². The van der Waals surface area contributed by atoms with Gasteiger partial charge in [0.2, 0.25) is 5.95 Å². The van der Waals surface area contributed by atoms with E-state index in [4.69, 9.17) is 5.73 Å². The Bertz CT molecular complexity index is 718. The SMILES string of the molecule is Cc1nc(N)nc(N2CCCN(S(=O)(=O)N3CCCCC3)CC2)c1C. The van der Waals surface area contributed by atoms with Crippen LogP contribution >= 0.6 is 0 Å². The predicted octanol–water partition coefficient (Wildman–Crippen LogP) is 0.918. The van der Waals surface area contributed by atoms with Crippen molar-refractivity contribution >= 4 is 22.0 Å². The number of nitrogens with zero attached hydrogens (tertiary/aromatic N) is 5. The Labute approximate surface area is 150 Å². The van der Waals surface area contributed by atoms with E-state index in [0.29, 0.717) is 32.7 Å². The van der Waals surface area contributed by atoms with Crippen LogP contribution in [0.25, 0.3) is 0 Å². The number of rotatable bonds is 3. The smallest absolute Gasteiger partial charge is 0.282 e. The summed E-state index contributed by atoms with van der Waals surface area (Å²) in [6.45, 7) is 7.59. The summed E-state index contributed by atoms with van der Waals surface area (Å²) < 4.78 is 29.1. The Morgan fingerprint density at radius 3 is 2.20 bits per heavy atom. The van der Waals surface area contributed by atoms with Gasteiger partial charge in [-0.15, -0.1) is 0 Å². The van der Waals surface area contributed by atoms with Crippen LogP contribution in [0.15, 0.2) is 0 Å². The summed E-state index contributed by atoms with van der Waals surface area (Å²) in [7, 11) is -3.36. The Kier molecular flexibility index (Phi) is 5.45. The first kappa shape index (κ1) is 18.3. The normalized spacial score (nSPS) is 21.3. The number of aromatic nitrogens is 2. The lowest BCUT2D eigenvalue weighted by Gasteiger charge is -2.31. The van der Waals surface area contributed by atoms with Crippen molar-refractivity contribution in [3.05, 3.63) is 11.3 Å². The van der Waals surface area contributed by atoms with Crippen LogP contribution in [0.2, 0.25) is 0 Å². The number of hydrogen-bond donors (Lipinski definition) is 1. The lowest BCUT2D eigenvalue weighted by atomic mass is 10.2. The first-order chi connectivity index (χ1) is 11.9. The van der Waals surface area contributed by atoms with Gasteiger partial charge in [-0.05, 0) is 33.1 Å². The molecule has 2 aliphatic rings. The van der Waals surface area contributed by atoms with Gasteiger partial charge in [0, 0.05) is 50.5 Å². The largest absolute Gasteiger partial charge is 0.368 e. The molecule has 0 bridgehead atoms. The number of hydrogen-bond acceptors (Lipinski definition) is 6. The molecule has 2 fully saturated rings. The van der Waals surface area contributed by atoms with Crippen molar-refractivity contribution in [3.8, 4) is 0 Å². The molecule has 8 nitrogen and oxygen atoms in total. The summed E-state index contributed by atoms with van der Waals surface area (Å²) in [5.41, 5.74) is 7.67. The van der Waals surface area contributed by atoms with Crippen molar-refractivity contribution in [3.63, 3.8) is 0 Å². The van der Waals surface area contributed by atoms with Crippen LogP contribution in [-0.4, -0.2) is 66.3 Å². The van der Waals surface area contributed by atoms with Gasteiger partial charge in [-0.2, -0.15) is 22.0 Å². The number of nitrogens with two attached hydrogens (primary N) is 1.